The second-order valence-corrected chi connectivity index (χ2v) is 5.66. The van der Waals surface area contributed by atoms with E-state index in [-0.39, 0.29) is 0 Å². The molecule has 92 valence electrons. The Morgan fingerprint density at radius 2 is 2.12 bits per heavy atom. The van der Waals surface area contributed by atoms with Gasteiger partial charge in [0.15, 0.2) is 0 Å². The molecule has 3 heteroatoms. The van der Waals surface area contributed by atoms with Crippen molar-refractivity contribution < 1.29 is 0 Å². The van der Waals surface area contributed by atoms with Crippen LogP contribution >= 0.6 is 0 Å². The fourth-order valence-corrected chi connectivity index (χ4v) is 1.90. The van der Waals surface area contributed by atoms with Crippen LogP contribution < -0.4 is 5.73 Å². The minimum atomic E-state index is -0.651. The van der Waals surface area contributed by atoms with E-state index in [9.17, 15) is 0 Å². The molecular formula is C13H25N3. The summed E-state index contributed by atoms with van der Waals surface area (Å²) in [7, 11) is 0. The molecule has 1 saturated carbocycles. The number of hydrogen-bond acceptors (Lipinski definition) is 3. The van der Waals surface area contributed by atoms with Gasteiger partial charge in [-0.2, -0.15) is 5.26 Å². The lowest BCUT2D eigenvalue weighted by atomic mass is 9.99. The van der Waals surface area contributed by atoms with Gasteiger partial charge in [-0.1, -0.05) is 0 Å². The van der Waals surface area contributed by atoms with E-state index in [0.29, 0.717) is 6.04 Å². The Bertz CT molecular complexity index is 248. The molecule has 0 amide bonds. The summed E-state index contributed by atoms with van der Waals surface area (Å²) in [5.41, 5.74) is 5.16. The monoisotopic (exact) mass is 223 g/mol. The highest BCUT2D eigenvalue weighted by Crippen LogP contribution is 2.30. The molecule has 0 aromatic rings. The first-order valence-electron chi connectivity index (χ1n) is 6.39. The lowest BCUT2D eigenvalue weighted by Crippen LogP contribution is -2.37. The number of nitrogens with zero attached hydrogens (tertiary/aromatic N) is 2. The Labute approximate surface area is 99.6 Å². The molecular weight excluding hydrogens is 198 g/mol. The van der Waals surface area contributed by atoms with Crippen LogP contribution in [0, 0.1) is 17.2 Å². The number of nitriles is 1. The molecule has 1 atom stereocenters. The summed E-state index contributed by atoms with van der Waals surface area (Å²) in [6.07, 6.45) is 4.61. The van der Waals surface area contributed by atoms with E-state index < -0.39 is 5.54 Å². The van der Waals surface area contributed by atoms with Crippen molar-refractivity contribution in [2.75, 3.05) is 13.1 Å². The van der Waals surface area contributed by atoms with Gasteiger partial charge in [-0.3, -0.25) is 0 Å². The van der Waals surface area contributed by atoms with Crippen molar-refractivity contribution in [1.82, 2.24) is 4.90 Å². The largest absolute Gasteiger partial charge is 0.314 e. The summed E-state index contributed by atoms with van der Waals surface area (Å²) < 4.78 is 0. The first-order chi connectivity index (χ1) is 7.44. The summed E-state index contributed by atoms with van der Waals surface area (Å²) in [5.74, 6) is 0.933. The average molecular weight is 223 g/mol. The summed E-state index contributed by atoms with van der Waals surface area (Å²) in [5, 5.41) is 8.84. The maximum Gasteiger partial charge on any atom is 0.101 e. The molecule has 0 aromatic carbocycles. The van der Waals surface area contributed by atoms with E-state index in [1.54, 1.807) is 0 Å². The van der Waals surface area contributed by atoms with Crippen molar-refractivity contribution in [2.45, 2.75) is 58.0 Å². The number of nitrogens with two attached hydrogens (primary N) is 1. The SMILES string of the molecule is CC(C)N(CCCC(C)(N)C#N)CC1CC1. The van der Waals surface area contributed by atoms with Crippen LogP contribution in [0.1, 0.15) is 46.5 Å². The van der Waals surface area contributed by atoms with Crippen molar-refractivity contribution in [3.8, 4) is 6.07 Å². The zero-order chi connectivity index (χ0) is 12.2. The van der Waals surface area contributed by atoms with Crippen molar-refractivity contribution in [2.24, 2.45) is 11.7 Å². The topological polar surface area (TPSA) is 53.0 Å². The third-order valence-electron chi connectivity index (χ3n) is 3.32. The van der Waals surface area contributed by atoms with Gasteiger partial charge in [0, 0.05) is 12.6 Å². The van der Waals surface area contributed by atoms with E-state index in [1.807, 2.05) is 6.92 Å². The van der Waals surface area contributed by atoms with E-state index in [2.05, 4.69) is 24.8 Å². The zero-order valence-corrected chi connectivity index (χ0v) is 10.9. The first kappa shape index (κ1) is 13.5. The average Bonchev–Trinajstić information content (AvgIpc) is 3.00. The Hall–Kier alpha value is -0.590. The molecule has 16 heavy (non-hydrogen) atoms. The molecule has 1 aliphatic rings. The summed E-state index contributed by atoms with van der Waals surface area (Å²) in [6.45, 7) is 8.60. The molecule has 0 spiro atoms. The third-order valence-corrected chi connectivity index (χ3v) is 3.32. The van der Waals surface area contributed by atoms with Crippen molar-refractivity contribution in [3.05, 3.63) is 0 Å². The lowest BCUT2D eigenvalue weighted by molar-refractivity contribution is 0.205. The van der Waals surface area contributed by atoms with Gasteiger partial charge in [-0.25, -0.2) is 0 Å². The fraction of sp³-hybridized carbons (Fsp3) is 0.923. The molecule has 0 heterocycles. The maximum atomic E-state index is 8.84. The van der Waals surface area contributed by atoms with Gasteiger partial charge >= 0.3 is 0 Å². The van der Waals surface area contributed by atoms with Gasteiger partial charge in [-0.15, -0.1) is 0 Å². The normalized spacial score (nSPS) is 19.8. The van der Waals surface area contributed by atoms with Gasteiger partial charge < -0.3 is 10.6 Å². The predicted molar refractivity (Wildman–Crippen MR) is 66.9 cm³/mol. The van der Waals surface area contributed by atoms with Crippen molar-refractivity contribution >= 4 is 0 Å². The van der Waals surface area contributed by atoms with Gasteiger partial charge in [0.25, 0.3) is 0 Å². The standard InChI is InChI=1S/C13H25N3/c1-11(2)16(9-12-5-6-12)8-4-7-13(3,15)10-14/h11-12H,4-9,15H2,1-3H3. The van der Waals surface area contributed by atoms with Crippen LogP contribution in [0.4, 0.5) is 0 Å². The fourth-order valence-electron chi connectivity index (χ4n) is 1.90. The first-order valence-corrected chi connectivity index (χ1v) is 6.39. The molecule has 1 fully saturated rings. The Kier molecular flexibility index (Phi) is 4.76. The van der Waals surface area contributed by atoms with Gasteiger partial charge in [0.1, 0.15) is 5.54 Å². The maximum absolute atomic E-state index is 8.84. The molecule has 1 unspecified atom stereocenters. The highest BCUT2D eigenvalue weighted by molar-refractivity contribution is 5.00. The van der Waals surface area contributed by atoms with Crippen LogP contribution in [0.25, 0.3) is 0 Å². The van der Waals surface area contributed by atoms with Crippen LogP contribution in [-0.4, -0.2) is 29.6 Å². The molecule has 0 aliphatic heterocycles. The van der Waals surface area contributed by atoms with Gasteiger partial charge in [-0.05, 0) is 58.9 Å². The molecule has 0 radical (unpaired) electrons. The van der Waals surface area contributed by atoms with Crippen LogP contribution in [0.15, 0.2) is 0 Å². The number of rotatable bonds is 7. The minimum absolute atomic E-state index is 0.603. The van der Waals surface area contributed by atoms with Gasteiger partial charge in [0.2, 0.25) is 0 Å². The van der Waals surface area contributed by atoms with Crippen LogP contribution in [0.2, 0.25) is 0 Å². The Balaban J connectivity index is 2.24. The summed E-state index contributed by atoms with van der Waals surface area (Å²) in [4.78, 5) is 2.52. The molecule has 2 N–H and O–H groups in total. The molecule has 1 aliphatic carbocycles. The third kappa shape index (κ3) is 4.96. The quantitative estimate of drug-likeness (QED) is 0.719. The Morgan fingerprint density at radius 1 is 1.50 bits per heavy atom. The predicted octanol–water partition coefficient (Wildman–Crippen LogP) is 2.13. The van der Waals surface area contributed by atoms with E-state index in [0.717, 1.165) is 25.3 Å². The summed E-state index contributed by atoms with van der Waals surface area (Å²) in [6, 6.07) is 2.76. The minimum Gasteiger partial charge on any atom is -0.314 e. The molecule has 1 rings (SSSR count). The Morgan fingerprint density at radius 3 is 2.56 bits per heavy atom. The van der Waals surface area contributed by atoms with E-state index in [4.69, 9.17) is 11.0 Å². The molecule has 3 nitrogen and oxygen atoms in total. The molecule has 0 bridgehead atoms. The van der Waals surface area contributed by atoms with Crippen LogP contribution in [0.5, 0.6) is 0 Å². The van der Waals surface area contributed by atoms with Crippen molar-refractivity contribution in [1.29, 1.82) is 5.26 Å². The van der Waals surface area contributed by atoms with Gasteiger partial charge in [0.05, 0.1) is 6.07 Å². The second-order valence-electron chi connectivity index (χ2n) is 5.66. The summed E-state index contributed by atoms with van der Waals surface area (Å²) >= 11 is 0. The van der Waals surface area contributed by atoms with Crippen LogP contribution in [0.3, 0.4) is 0 Å². The molecule has 0 aromatic heterocycles. The van der Waals surface area contributed by atoms with Crippen LogP contribution in [-0.2, 0) is 0 Å². The van der Waals surface area contributed by atoms with Crippen molar-refractivity contribution in [3.63, 3.8) is 0 Å². The lowest BCUT2D eigenvalue weighted by Gasteiger charge is -2.27. The highest BCUT2D eigenvalue weighted by Gasteiger charge is 2.25. The highest BCUT2D eigenvalue weighted by atomic mass is 15.1. The van der Waals surface area contributed by atoms with E-state index >= 15 is 0 Å². The smallest absolute Gasteiger partial charge is 0.101 e. The second kappa shape index (κ2) is 5.65. The van der Waals surface area contributed by atoms with E-state index in [1.165, 1.54) is 19.4 Å². The molecule has 0 saturated heterocycles. The number of hydrogen-bond donors (Lipinski definition) is 1. The zero-order valence-electron chi connectivity index (χ0n) is 10.9.